The summed E-state index contributed by atoms with van der Waals surface area (Å²) >= 11 is 19.4. The Morgan fingerprint density at radius 2 is 1.67 bits per heavy atom. The van der Waals surface area contributed by atoms with E-state index in [1.54, 1.807) is 12.4 Å². The summed E-state index contributed by atoms with van der Waals surface area (Å²) in [5, 5.41) is 18.6. The van der Waals surface area contributed by atoms with Crippen molar-refractivity contribution in [1.82, 2.24) is 20.5 Å². The van der Waals surface area contributed by atoms with Crippen LogP contribution in [0.4, 0.5) is 17.2 Å². The van der Waals surface area contributed by atoms with Crippen molar-refractivity contribution >= 4 is 62.8 Å². The van der Waals surface area contributed by atoms with E-state index in [0.29, 0.717) is 27.3 Å². The molecule has 1 aliphatic rings. The monoisotopic (exact) mass is 498 g/mol. The summed E-state index contributed by atoms with van der Waals surface area (Å²) in [6.07, 6.45) is 3.92. The van der Waals surface area contributed by atoms with Gasteiger partial charge in [0.15, 0.2) is 0 Å². The van der Waals surface area contributed by atoms with Crippen LogP contribution in [-0.2, 0) is 6.42 Å². The Labute approximate surface area is 206 Å². The van der Waals surface area contributed by atoms with Gasteiger partial charge in [-0.25, -0.2) is 4.98 Å². The Bertz CT molecular complexity index is 1290. The number of nitrogens with zero attached hydrogens (tertiary/aromatic N) is 4. The lowest BCUT2D eigenvalue weighted by Gasteiger charge is -2.30. The molecule has 0 atom stereocenters. The quantitative estimate of drug-likeness (QED) is 0.366. The lowest BCUT2D eigenvalue weighted by Crippen LogP contribution is -2.43. The minimum absolute atomic E-state index is 0.494. The van der Waals surface area contributed by atoms with E-state index in [2.05, 4.69) is 25.7 Å². The number of halogens is 3. The molecule has 1 fully saturated rings. The van der Waals surface area contributed by atoms with E-state index in [4.69, 9.17) is 39.8 Å². The third-order valence-corrected chi connectivity index (χ3v) is 6.69. The van der Waals surface area contributed by atoms with Crippen molar-refractivity contribution in [2.75, 3.05) is 36.4 Å². The Kier molecular flexibility index (Phi) is 6.51. The number of anilines is 3. The number of pyridine rings is 1. The fourth-order valence-electron chi connectivity index (χ4n) is 4.01. The average molecular weight is 500 g/mol. The number of hydrogen-bond donors (Lipinski definition) is 2. The summed E-state index contributed by atoms with van der Waals surface area (Å²) in [7, 11) is 0. The van der Waals surface area contributed by atoms with Crippen molar-refractivity contribution in [2.24, 2.45) is 0 Å². The maximum Gasteiger partial charge on any atom is 0.140 e. The van der Waals surface area contributed by atoms with Crippen LogP contribution in [0.25, 0.3) is 10.8 Å². The largest absolute Gasteiger partial charge is 0.368 e. The average Bonchev–Trinajstić information content (AvgIpc) is 2.82. The molecule has 2 N–H and O–H groups in total. The van der Waals surface area contributed by atoms with Gasteiger partial charge in [0, 0.05) is 64.8 Å². The number of hydrogen-bond acceptors (Lipinski definition) is 6. The first-order valence-corrected chi connectivity index (χ1v) is 11.8. The molecule has 0 saturated carbocycles. The molecule has 168 valence electrons. The van der Waals surface area contributed by atoms with E-state index in [1.807, 2.05) is 42.5 Å². The Morgan fingerprint density at radius 3 is 2.42 bits per heavy atom. The predicted octanol–water partition coefficient (Wildman–Crippen LogP) is 5.73. The van der Waals surface area contributed by atoms with Crippen molar-refractivity contribution in [2.45, 2.75) is 6.42 Å². The van der Waals surface area contributed by atoms with Gasteiger partial charge in [0.05, 0.1) is 23.1 Å². The Morgan fingerprint density at radius 1 is 0.909 bits per heavy atom. The molecule has 1 aliphatic heterocycles. The van der Waals surface area contributed by atoms with Gasteiger partial charge >= 0.3 is 0 Å². The fourth-order valence-corrected chi connectivity index (χ4v) is 4.84. The molecule has 0 unspecified atom stereocenters. The first kappa shape index (κ1) is 22.2. The highest BCUT2D eigenvalue weighted by Gasteiger charge is 2.15. The summed E-state index contributed by atoms with van der Waals surface area (Å²) in [6, 6.07) is 13.5. The molecule has 4 aromatic rings. The molecular weight excluding hydrogens is 479 g/mol. The van der Waals surface area contributed by atoms with E-state index in [-0.39, 0.29) is 0 Å². The van der Waals surface area contributed by atoms with Gasteiger partial charge in [-0.15, -0.1) is 0 Å². The van der Waals surface area contributed by atoms with E-state index >= 15 is 0 Å². The van der Waals surface area contributed by atoms with Crippen LogP contribution >= 0.6 is 34.8 Å². The fraction of sp³-hybridized carbons (Fsp3) is 0.208. The number of piperazine rings is 1. The van der Waals surface area contributed by atoms with Crippen LogP contribution in [0.15, 0.2) is 54.9 Å². The van der Waals surface area contributed by atoms with Gasteiger partial charge in [0.2, 0.25) is 0 Å². The zero-order valence-corrected chi connectivity index (χ0v) is 19.9. The number of benzene rings is 2. The maximum absolute atomic E-state index is 6.65. The highest BCUT2D eigenvalue weighted by molar-refractivity contribution is 6.36. The molecule has 0 radical (unpaired) electrons. The van der Waals surface area contributed by atoms with Crippen molar-refractivity contribution in [3.8, 4) is 0 Å². The zero-order chi connectivity index (χ0) is 22.8. The molecule has 2 aromatic heterocycles. The lowest BCUT2D eigenvalue weighted by atomic mass is 10.1. The van der Waals surface area contributed by atoms with Crippen LogP contribution in [0.1, 0.15) is 11.3 Å². The van der Waals surface area contributed by atoms with Gasteiger partial charge in [-0.1, -0.05) is 40.9 Å². The standard InChI is InChI=1S/C24H21Cl3N6/c25-20-2-1-3-21(26)18(20)11-17-10-15-13-29-30-14-19(15)24(32-17)31-16-4-5-23(22(27)12-16)33-8-6-28-7-9-33/h1-5,10,12-14,28H,6-9,11H2,(H,31,32). The topological polar surface area (TPSA) is 66.0 Å². The molecule has 1 saturated heterocycles. The van der Waals surface area contributed by atoms with E-state index in [9.17, 15) is 0 Å². The minimum Gasteiger partial charge on any atom is -0.368 e. The molecule has 6 nitrogen and oxygen atoms in total. The highest BCUT2D eigenvalue weighted by atomic mass is 35.5. The number of rotatable bonds is 5. The molecular formula is C24H21Cl3N6. The number of fused-ring (bicyclic) bond motifs is 1. The molecule has 5 rings (SSSR count). The molecule has 0 bridgehead atoms. The number of aromatic nitrogens is 3. The molecule has 33 heavy (non-hydrogen) atoms. The third kappa shape index (κ3) is 4.84. The molecule has 3 heterocycles. The summed E-state index contributed by atoms with van der Waals surface area (Å²) in [5.74, 6) is 0.673. The first-order chi connectivity index (χ1) is 16.1. The van der Waals surface area contributed by atoms with Crippen LogP contribution in [-0.4, -0.2) is 41.4 Å². The summed E-state index contributed by atoms with van der Waals surface area (Å²) in [6.45, 7) is 3.78. The van der Waals surface area contributed by atoms with Gasteiger partial charge in [-0.3, -0.25) is 0 Å². The van der Waals surface area contributed by atoms with Gasteiger partial charge in [0.1, 0.15) is 5.82 Å². The van der Waals surface area contributed by atoms with E-state index in [0.717, 1.165) is 59.6 Å². The molecule has 0 aliphatic carbocycles. The van der Waals surface area contributed by atoms with Crippen LogP contribution in [0.3, 0.4) is 0 Å². The summed E-state index contributed by atoms with van der Waals surface area (Å²) in [4.78, 5) is 7.15. The summed E-state index contributed by atoms with van der Waals surface area (Å²) in [5.41, 5.74) is 3.53. The van der Waals surface area contributed by atoms with Crippen molar-refractivity contribution in [1.29, 1.82) is 0 Å². The Balaban J connectivity index is 1.48. The van der Waals surface area contributed by atoms with Crippen LogP contribution in [0.5, 0.6) is 0 Å². The first-order valence-electron chi connectivity index (χ1n) is 10.6. The normalized spacial score (nSPS) is 14.0. The SMILES string of the molecule is Clc1cc(Nc2nc(Cc3c(Cl)cccc3Cl)cc3cnncc23)ccc1N1CCNCC1. The van der Waals surface area contributed by atoms with Crippen LogP contribution in [0, 0.1) is 0 Å². The van der Waals surface area contributed by atoms with E-state index < -0.39 is 0 Å². The molecule has 0 amide bonds. The van der Waals surface area contributed by atoms with Crippen LogP contribution in [0.2, 0.25) is 15.1 Å². The zero-order valence-electron chi connectivity index (χ0n) is 17.7. The maximum atomic E-state index is 6.65. The van der Waals surface area contributed by atoms with Gasteiger partial charge in [0.25, 0.3) is 0 Å². The van der Waals surface area contributed by atoms with Gasteiger partial charge < -0.3 is 15.5 Å². The Hall–Kier alpha value is -2.64. The van der Waals surface area contributed by atoms with Crippen molar-refractivity contribution < 1.29 is 0 Å². The molecule has 2 aromatic carbocycles. The van der Waals surface area contributed by atoms with Gasteiger partial charge in [-0.05, 0) is 42.0 Å². The van der Waals surface area contributed by atoms with Crippen molar-refractivity contribution in [3.63, 3.8) is 0 Å². The lowest BCUT2D eigenvalue weighted by molar-refractivity contribution is 0.589. The van der Waals surface area contributed by atoms with E-state index in [1.165, 1.54) is 0 Å². The third-order valence-electron chi connectivity index (χ3n) is 5.68. The smallest absolute Gasteiger partial charge is 0.140 e. The van der Waals surface area contributed by atoms with Crippen molar-refractivity contribution in [3.05, 3.63) is 81.2 Å². The second-order valence-corrected chi connectivity index (χ2v) is 9.08. The molecule has 0 spiro atoms. The minimum atomic E-state index is 0.494. The highest BCUT2D eigenvalue weighted by Crippen LogP contribution is 2.33. The second-order valence-electron chi connectivity index (χ2n) is 7.86. The predicted molar refractivity (Wildman–Crippen MR) is 136 cm³/mol. The van der Waals surface area contributed by atoms with Gasteiger partial charge in [-0.2, -0.15) is 10.2 Å². The summed E-state index contributed by atoms with van der Waals surface area (Å²) < 4.78 is 0. The second kappa shape index (κ2) is 9.69. The van der Waals surface area contributed by atoms with Crippen LogP contribution < -0.4 is 15.5 Å². The number of nitrogens with one attached hydrogen (secondary N) is 2. The molecule has 9 heteroatoms.